The fourth-order valence-electron chi connectivity index (χ4n) is 4.03. The first-order valence-corrected chi connectivity index (χ1v) is 9.60. The normalized spacial score (nSPS) is 26.8. The van der Waals surface area contributed by atoms with Gasteiger partial charge in [0.15, 0.2) is 0 Å². The Bertz CT molecular complexity index is 773. The minimum Gasteiger partial charge on any atom is -0.380 e. The van der Waals surface area contributed by atoms with Gasteiger partial charge in [0, 0.05) is 42.2 Å². The van der Waals surface area contributed by atoms with Crippen molar-refractivity contribution in [2.24, 2.45) is 5.73 Å². The predicted octanol–water partition coefficient (Wildman–Crippen LogP) is 2.76. The quantitative estimate of drug-likeness (QED) is 0.917. The second-order valence-corrected chi connectivity index (χ2v) is 7.92. The van der Waals surface area contributed by atoms with Crippen LogP contribution in [0.15, 0.2) is 29.6 Å². The Balaban J connectivity index is 1.51. The number of rotatable bonds is 3. The van der Waals surface area contributed by atoms with Crippen molar-refractivity contribution in [1.29, 1.82) is 5.26 Å². The third-order valence-electron chi connectivity index (χ3n) is 5.23. The van der Waals surface area contributed by atoms with Crippen LogP contribution in [0.4, 0.5) is 0 Å². The van der Waals surface area contributed by atoms with E-state index in [-0.39, 0.29) is 11.6 Å². The van der Waals surface area contributed by atoms with Crippen LogP contribution in [0.5, 0.6) is 0 Å². The third-order valence-corrected chi connectivity index (χ3v) is 6.18. The Kier molecular flexibility index (Phi) is 4.57. The Morgan fingerprint density at radius 2 is 2.24 bits per heavy atom. The van der Waals surface area contributed by atoms with Crippen molar-refractivity contribution in [3.8, 4) is 16.6 Å². The molecular formula is C19H22N4OS. The molecule has 2 N–H and O–H groups in total. The minimum absolute atomic E-state index is 0.0931. The topological polar surface area (TPSA) is 75.2 Å². The number of thiazole rings is 1. The summed E-state index contributed by atoms with van der Waals surface area (Å²) in [7, 11) is 0. The molecule has 2 aromatic rings. The molecule has 0 radical (unpaired) electrons. The average molecular weight is 354 g/mol. The van der Waals surface area contributed by atoms with Crippen LogP contribution in [0.1, 0.15) is 30.5 Å². The van der Waals surface area contributed by atoms with E-state index in [2.05, 4.69) is 16.3 Å². The van der Waals surface area contributed by atoms with Crippen molar-refractivity contribution in [3.05, 3.63) is 40.9 Å². The summed E-state index contributed by atoms with van der Waals surface area (Å²) in [6, 6.07) is 9.97. The molecule has 2 unspecified atom stereocenters. The zero-order chi connectivity index (χ0) is 17.3. The highest BCUT2D eigenvalue weighted by Gasteiger charge is 2.45. The van der Waals surface area contributed by atoms with Crippen molar-refractivity contribution in [2.45, 2.75) is 37.4 Å². The third kappa shape index (κ3) is 3.33. The zero-order valence-corrected chi connectivity index (χ0v) is 15.0. The molecule has 0 aliphatic carbocycles. The summed E-state index contributed by atoms with van der Waals surface area (Å²) >= 11 is 1.65. The van der Waals surface area contributed by atoms with Crippen molar-refractivity contribution in [3.63, 3.8) is 0 Å². The first-order chi connectivity index (χ1) is 12.2. The number of aromatic nitrogens is 1. The van der Waals surface area contributed by atoms with Crippen LogP contribution in [0.25, 0.3) is 10.6 Å². The van der Waals surface area contributed by atoms with Gasteiger partial charge >= 0.3 is 0 Å². The van der Waals surface area contributed by atoms with Gasteiger partial charge in [-0.3, -0.25) is 4.90 Å². The smallest absolute Gasteiger partial charge is 0.123 e. The number of ether oxygens (including phenoxy) is 1. The van der Waals surface area contributed by atoms with Crippen molar-refractivity contribution >= 4 is 11.3 Å². The Morgan fingerprint density at radius 3 is 2.96 bits per heavy atom. The average Bonchev–Trinajstić information content (AvgIpc) is 3.21. The molecule has 25 heavy (non-hydrogen) atoms. The van der Waals surface area contributed by atoms with Gasteiger partial charge in [-0.1, -0.05) is 12.1 Å². The molecule has 2 fully saturated rings. The summed E-state index contributed by atoms with van der Waals surface area (Å²) in [6.45, 7) is 3.38. The van der Waals surface area contributed by atoms with Gasteiger partial charge in [0.05, 0.1) is 23.9 Å². The lowest BCUT2D eigenvalue weighted by Crippen LogP contribution is -2.49. The van der Waals surface area contributed by atoms with Gasteiger partial charge in [-0.2, -0.15) is 5.26 Å². The highest BCUT2D eigenvalue weighted by Crippen LogP contribution is 2.37. The van der Waals surface area contributed by atoms with E-state index in [0.717, 1.165) is 61.8 Å². The molecule has 1 aromatic carbocycles. The van der Waals surface area contributed by atoms with Gasteiger partial charge in [-0.05, 0) is 31.4 Å². The van der Waals surface area contributed by atoms with Crippen LogP contribution in [0.2, 0.25) is 0 Å². The molecule has 1 aromatic heterocycles. The standard InChI is InChI=1S/C19H22N4OS/c20-9-14-2-4-15(5-3-14)18-22-17(12-25-18)11-23-10-16(21)8-19(23)6-1-7-24-13-19/h2-5,12,16H,1,6-8,10-11,13,21H2. The largest absolute Gasteiger partial charge is 0.380 e. The molecule has 4 rings (SSSR count). The van der Waals surface area contributed by atoms with Crippen LogP contribution in [-0.4, -0.2) is 41.2 Å². The lowest BCUT2D eigenvalue weighted by atomic mass is 9.88. The molecular weight excluding hydrogens is 332 g/mol. The van der Waals surface area contributed by atoms with E-state index in [9.17, 15) is 0 Å². The number of benzene rings is 1. The van der Waals surface area contributed by atoms with Crippen LogP contribution in [-0.2, 0) is 11.3 Å². The lowest BCUT2D eigenvalue weighted by Gasteiger charge is -2.40. The highest BCUT2D eigenvalue weighted by atomic mass is 32.1. The Morgan fingerprint density at radius 1 is 1.40 bits per heavy atom. The number of nitrogens with two attached hydrogens (primary N) is 1. The molecule has 6 heteroatoms. The van der Waals surface area contributed by atoms with Gasteiger partial charge in [0.25, 0.3) is 0 Å². The van der Waals surface area contributed by atoms with Crippen LogP contribution < -0.4 is 5.73 Å². The van der Waals surface area contributed by atoms with Gasteiger partial charge < -0.3 is 10.5 Å². The molecule has 0 saturated carbocycles. The molecule has 2 saturated heterocycles. The van der Waals surface area contributed by atoms with E-state index in [0.29, 0.717) is 5.56 Å². The number of likely N-dealkylation sites (tertiary alicyclic amines) is 1. The molecule has 0 bridgehead atoms. The van der Waals surface area contributed by atoms with Gasteiger partial charge in [0.1, 0.15) is 5.01 Å². The van der Waals surface area contributed by atoms with E-state index in [1.165, 1.54) is 0 Å². The van der Waals surface area contributed by atoms with E-state index < -0.39 is 0 Å². The van der Waals surface area contributed by atoms with E-state index in [4.69, 9.17) is 20.7 Å². The van der Waals surface area contributed by atoms with Crippen LogP contribution in [0, 0.1) is 11.3 Å². The fraction of sp³-hybridized carbons (Fsp3) is 0.474. The summed E-state index contributed by atoms with van der Waals surface area (Å²) in [5.74, 6) is 0. The molecule has 2 aliphatic heterocycles. The second-order valence-electron chi connectivity index (χ2n) is 7.06. The van der Waals surface area contributed by atoms with Crippen LogP contribution in [0.3, 0.4) is 0 Å². The molecule has 0 amide bonds. The summed E-state index contributed by atoms with van der Waals surface area (Å²) in [5.41, 5.74) is 9.18. The minimum atomic E-state index is 0.0931. The maximum Gasteiger partial charge on any atom is 0.123 e. The van der Waals surface area contributed by atoms with E-state index >= 15 is 0 Å². The maximum atomic E-state index is 8.92. The highest BCUT2D eigenvalue weighted by molar-refractivity contribution is 7.13. The van der Waals surface area contributed by atoms with Crippen molar-refractivity contribution < 1.29 is 4.74 Å². The van der Waals surface area contributed by atoms with Crippen LogP contribution >= 0.6 is 11.3 Å². The number of nitriles is 1. The number of hydrogen-bond donors (Lipinski definition) is 1. The van der Waals surface area contributed by atoms with E-state index in [1.807, 2.05) is 24.3 Å². The maximum absolute atomic E-state index is 8.92. The monoisotopic (exact) mass is 354 g/mol. The fourth-order valence-corrected chi connectivity index (χ4v) is 4.85. The van der Waals surface area contributed by atoms with Gasteiger partial charge in [0.2, 0.25) is 0 Å². The van der Waals surface area contributed by atoms with Crippen molar-refractivity contribution in [2.75, 3.05) is 19.8 Å². The molecule has 2 aliphatic rings. The first kappa shape index (κ1) is 16.7. The molecule has 130 valence electrons. The van der Waals surface area contributed by atoms with Crippen molar-refractivity contribution in [1.82, 2.24) is 9.88 Å². The lowest BCUT2D eigenvalue weighted by molar-refractivity contribution is -0.0328. The van der Waals surface area contributed by atoms with E-state index in [1.54, 1.807) is 11.3 Å². The molecule has 5 nitrogen and oxygen atoms in total. The van der Waals surface area contributed by atoms with Gasteiger partial charge in [-0.15, -0.1) is 11.3 Å². The first-order valence-electron chi connectivity index (χ1n) is 8.72. The summed E-state index contributed by atoms with van der Waals surface area (Å²) in [4.78, 5) is 7.30. The summed E-state index contributed by atoms with van der Waals surface area (Å²) in [5, 5.41) is 12.0. The number of nitrogens with zero attached hydrogens (tertiary/aromatic N) is 3. The Labute approximate surface area is 152 Å². The predicted molar refractivity (Wildman–Crippen MR) is 98.1 cm³/mol. The SMILES string of the molecule is N#Cc1ccc(-c2nc(CN3CC(N)CC34CCCOC4)cs2)cc1. The molecule has 1 spiro atoms. The Hall–Kier alpha value is -1.78. The second kappa shape index (κ2) is 6.85. The van der Waals surface area contributed by atoms with Gasteiger partial charge in [-0.25, -0.2) is 4.98 Å². The number of hydrogen-bond acceptors (Lipinski definition) is 6. The molecule has 3 heterocycles. The molecule has 2 atom stereocenters. The summed E-state index contributed by atoms with van der Waals surface area (Å²) < 4.78 is 5.78. The zero-order valence-electron chi connectivity index (χ0n) is 14.1. The summed E-state index contributed by atoms with van der Waals surface area (Å²) in [6.07, 6.45) is 3.28.